The van der Waals surface area contributed by atoms with Gasteiger partial charge in [-0.1, -0.05) is 32.0 Å². The molecule has 0 heterocycles. The Morgan fingerprint density at radius 3 is 2.46 bits per heavy atom. The highest BCUT2D eigenvalue weighted by Gasteiger charge is 2.08. The van der Waals surface area contributed by atoms with Crippen molar-refractivity contribution in [3.8, 4) is 11.8 Å². The summed E-state index contributed by atoms with van der Waals surface area (Å²) in [5, 5.41) is 11.7. The van der Waals surface area contributed by atoms with Gasteiger partial charge in [0.05, 0.1) is 11.6 Å². The molecule has 0 aromatic heterocycles. The van der Waals surface area contributed by atoms with Gasteiger partial charge in [-0.3, -0.25) is 4.79 Å². The summed E-state index contributed by atoms with van der Waals surface area (Å²) in [6, 6.07) is 16.4. The quantitative estimate of drug-likeness (QED) is 0.753. The average molecular weight is 351 g/mol. The zero-order valence-electron chi connectivity index (χ0n) is 15.4. The van der Waals surface area contributed by atoms with Gasteiger partial charge < -0.3 is 15.0 Å². The zero-order valence-corrected chi connectivity index (χ0v) is 15.4. The predicted octanol–water partition coefficient (Wildman–Crippen LogP) is 3.21. The Balaban J connectivity index is 1.92. The molecule has 0 aliphatic heterocycles. The molecule has 2 aromatic carbocycles. The fourth-order valence-electron chi connectivity index (χ4n) is 2.59. The second kappa shape index (κ2) is 10.2. The number of ether oxygens (including phenoxy) is 1. The molecule has 0 radical (unpaired) electrons. The number of nitrogens with zero attached hydrogens (tertiary/aromatic N) is 2. The Labute approximate surface area is 155 Å². The van der Waals surface area contributed by atoms with E-state index >= 15 is 0 Å². The van der Waals surface area contributed by atoms with Gasteiger partial charge in [-0.2, -0.15) is 5.26 Å². The van der Waals surface area contributed by atoms with Crippen molar-refractivity contribution in [2.24, 2.45) is 0 Å². The second-order valence-corrected chi connectivity index (χ2v) is 5.85. The minimum absolute atomic E-state index is 0.174. The average Bonchev–Trinajstić information content (AvgIpc) is 2.70. The zero-order chi connectivity index (χ0) is 18.8. The molecule has 5 heteroatoms. The summed E-state index contributed by atoms with van der Waals surface area (Å²) in [5.41, 5.74) is 2.01. The van der Waals surface area contributed by atoms with Gasteiger partial charge in [0.15, 0.2) is 0 Å². The maximum absolute atomic E-state index is 12.3. The van der Waals surface area contributed by atoms with E-state index in [4.69, 9.17) is 10.00 Å². The number of hydrogen-bond acceptors (Lipinski definition) is 4. The van der Waals surface area contributed by atoms with Crippen LogP contribution in [0.15, 0.2) is 48.5 Å². The molecular weight excluding hydrogens is 326 g/mol. The number of carbonyl (C=O) groups is 1. The summed E-state index contributed by atoms with van der Waals surface area (Å²) in [7, 11) is 0. The van der Waals surface area contributed by atoms with Gasteiger partial charge in [-0.25, -0.2) is 0 Å². The van der Waals surface area contributed by atoms with Crippen molar-refractivity contribution >= 4 is 5.91 Å². The van der Waals surface area contributed by atoms with Crippen molar-refractivity contribution in [3.63, 3.8) is 0 Å². The second-order valence-electron chi connectivity index (χ2n) is 5.85. The molecule has 0 saturated heterocycles. The highest BCUT2D eigenvalue weighted by molar-refractivity contribution is 5.94. The van der Waals surface area contributed by atoms with Gasteiger partial charge in [-0.05, 0) is 43.4 Å². The molecule has 1 N–H and O–H groups in total. The van der Waals surface area contributed by atoms with E-state index in [9.17, 15) is 4.79 Å². The number of likely N-dealkylation sites (N-methyl/N-ethyl adjacent to an activating group) is 1. The van der Waals surface area contributed by atoms with Crippen LogP contribution >= 0.6 is 0 Å². The third-order valence-corrected chi connectivity index (χ3v) is 4.25. The van der Waals surface area contributed by atoms with Crippen molar-refractivity contribution < 1.29 is 9.53 Å². The molecule has 26 heavy (non-hydrogen) atoms. The van der Waals surface area contributed by atoms with Gasteiger partial charge in [0.1, 0.15) is 12.4 Å². The van der Waals surface area contributed by atoms with Gasteiger partial charge >= 0.3 is 0 Å². The lowest BCUT2D eigenvalue weighted by molar-refractivity contribution is 0.0950. The number of rotatable bonds is 9. The van der Waals surface area contributed by atoms with Crippen LogP contribution in [0.3, 0.4) is 0 Å². The molecule has 136 valence electrons. The topological polar surface area (TPSA) is 65.4 Å². The molecule has 0 saturated carbocycles. The molecule has 1 amide bonds. The maximum atomic E-state index is 12.3. The number of nitriles is 1. The predicted molar refractivity (Wildman–Crippen MR) is 102 cm³/mol. The Hall–Kier alpha value is -2.84. The molecule has 0 bridgehead atoms. The maximum Gasteiger partial charge on any atom is 0.251 e. The monoisotopic (exact) mass is 351 g/mol. The summed E-state index contributed by atoms with van der Waals surface area (Å²) < 4.78 is 5.91. The van der Waals surface area contributed by atoms with Crippen LogP contribution < -0.4 is 10.1 Å². The first-order valence-electron chi connectivity index (χ1n) is 8.89. The van der Waals surface area contributed by atoms with E-state index in [1.807, 2.05) is 30.3 Å². The van der Waals surface area contributed by atoms with E-state index in [0.717, 1.165) is 30.9 Å². The van der Waals surface area contributed by atoms with E-state index < -0.39 is 0 Å². The van der Waals surface area contributed by atoms with Gasteiger partial charge in [-0.15, -0.1) is 0 Å². The van der Waals surface area contributed by atoms with Crippen molar-refractivity contribution in [2.75, 3.05) is 26.2 Å². The molecule has 5 nitrogen and oxygen atoms in total. The smallest absolute Gasteiger partial charge is 0.251 e. The van der Waals surface area contributed by atoms with E-state index in [1.54, 1.807) is 24.3 Å². The largest absolute Gasteiger partial charge is 0.492 e. The van der Waals surface area contributed by atoms with Crippen LogP contribution in [0.4, 0.5) is 0 Å². The standard InChI is InChI=1S/C21H25N3O2/c1-3-24(4-2)13-14-26-20-8-6-5-7-19(20)16-23-21(25)18-11-9-17(15-22)10-12-18/h5-12H,3-4,13-14,16H2,1-2H3,(H,23,25). The van der Waals surface area contributed by atoms with Gasteiger partial charge in [0, 0.05) is 24.2 Å². The van der Waals surface area contributed by atoms with E-state index in [1.165, 1.54) is 0 Å². The molecule has 2 aromatic rings. The molecule has 0 aliphatic rings. The van der Waals surface area contributed by atoms with Crippen molar-refractivity contribution in [3.05, 3.63) is 65.2 Å². The number of amides is 1. The minimum Gasteiger partial charge on any atom is -0.492 e. The molecule has 0 atom stereocenters. The number of hydrogen-bond donors (Lipinski definition) is 1. The van der Waals surface area contributed by atoms with Crippen LogP contribution in [0, 0.1) is 11.3 Å². The third kappa shape index (κ3) is 5.61. The van der Waals surface area contributed by atoms with E-state index in [0.29, 0.717) is 24.3 Å². The Bertz CT molecular complexity index is 747. The molecule has 0 fully saturated rings. The Kier molecular flexibility index (Phi) is 7.66. The molecule has 0 unspecified atom stereocenters. The van der Waals surface area contributed by atoms with Crippen LogP contribution in [-0.4, -0.2) is 37.0 Å². The fraction of sp³-hybridized carbons (Fsp3) is 0.333. The van der Waals surface area contributed by atoms with E-state index in [2.05, 4.69) is 24.1 Å². The van der Waals surface area contributed by atoms with Crippen molar-refractivity contribution in [1.82, 2.24) is 10.2 Å². The first kappa shape index (κ1) is 19.5. The summed E-state index contributed by atoms with van der Waals surface area (Å²) in [5.74, 6) is 0.618. The van der Waals surface area contributed by atoms with Crippen molar-refractivity contribution in [2.45, 2.75) is 20.4 Å². The highest BCUT2D eigenvalue weighted by atomic mass is 16.5. The lowest BCUT2D eigenvalue weighted by atomic mass is 10.1. The summed E-state index contributed by atoms with van der Waals surface area (Å²) >= 11 is 0. The molecule has 0 aliphatic carbocycles. The first-order chi connectivity index (χ1) is 12.7. The lowest BCUT2D eigenvalue weighted by Gasteiger charge is -2.19. The number of benzene rings is 2. The third-order valence-electron chi connectivity index (χ3n) is 4.25. The van der Waals surface area contributed by atoms with E-state index in [-0.39, 0.29) is 5.91 Å². The van der Waals surface area contributed by atoms with Crippen LogP contribution in [0.1, 0.15) is 35.3 Å². The molecular formula is C21H25N3O2. The van der Waals surface area contributed by atoms with Gasteiger partial charge in [0.25, 0.3) is 5.91 Å². The fourth-order valence-corrected chi connectivity index (χ4v) is 2.59. The normalized spacial score (nSPS) is 10.4. The summed E-state index contributed by atoms with van der Waals surface area (Å²) in [6.45, 7) is 8.15. The molecule has 0 spiro atoms. The van der Waals surface area contributed by atoms with Crippen LogP contribution in [0.25, 0.3) is 0 Å². The van der Waals surface area contributed by atoms with Crippen LogP contribution in [0.2, 0.25) is 0 Å². The number of carbonyl (C=O) groups excluding carboxylic acids is 1. The van der Waals surface area contributed by atoms with Crippen LogP contribution in [-0.2, 0) is 6.54 Å². The Morgan fingerprint density at radius 1 is 1.12 bits per heavy atom. The number of para-hydroxylation sites is 1. The highest BCUT2D eigenvalue weighted by Crippen LogP contribution is 2.18. The summed E-state index contributed by atoms with van der Waals surface area (Å²) in [4.78, 5) is 14.6. The molecule has 2 rings (SSSR count). The Morgan fingerprint density at radius 2 is 1.81 bits per heavy atom. The van der Waals surface area contributed by atoms with Crippen molar-refractivity contribution in [1.29, 1.82) is 5.26 Å². The SMILES string of the molecule is CCN(CC)CCOc1ccccc1CNC(=O)c1ccc(C#N)cc1. The lowest BCUT2D eigenvalue weighted by Crippen LogP contribution is -2.28. The first-order valence-corrected chi connectivity index (χ1v) is 8.89. The summed E-state index contributed by atoms with van der Waals surface area (Å²) in [6.07, 6.45) is 0. The number of nitrogens with one attached hydrogen (secondary N) is 1. The minimum atomic E-state index is -0.174. The van der Waals surface area contributed by atoms with Gasteiger partial charge in [0.2, 0.25) is 0 Å². The van der Waals surface area contributed by atoms with Crippen LogP contribution in [0.5, 0.6) is 5.75 Å².